The van der Waals surface area contributed by atoms with E-state index in [1.165, 1.54) is 16.8 Å². The highest BCUT2D eigenvalue weighted by molar-refractivity contribution is 5.98. The van der Waals surface area contributed by atoms with Crippen LogP contribution in [0.2, 0.25) is 0 Å². The highest BCUT2D eigenvalue weighted by Gasteiger charge is 2.31. The number of carbonyl (C=O) groups excluding carboxylic acids is 1. The summed E-state index contributed by atoms with van der Waals surface area (Å²) in [5, 5.41) is 0. The Balaban J connectivity index is 1.04. The first-order valence-electron chi connectivity index (χ1n) is 11.1. The predicted octanol–water partition coefficient (Wildman–Crippen LogP) is 2.29. The molecule has 4 heterocycles. The SMILES string of the molecule is O=C1CCc2cc(OCCCCN3CCN(c4ncccn4)CC3)cc3c2N1CC3. The number of aryl methyl sites for hydroxylation is 1. The fourth-order valence-electron chi connectivity index (χ4n) is 4.76. The summed E-state index contributed by atoms with van der Waals surface area (Å²) in [5.74, 6) is 2.08. The molecule has 1 aromatic carbocycles. The molecule has 158 valence electrons. The van der Waals surface area contributed by atoms with Crippen LogP contribution < -0.4 is 14.5 Å². The molecule has 7 nitrogen and oxygen atoms in total. The Morgan fingerprint density at radius 1 is 0.900 bits per heavy atom. The van der Waals surface area contributed by atoms with Gasteiger partial charge in [0.25, 0.3) is 0 Å². The molecule has 3 aliphatic heterocycles. The second-order valence-corrected chi connectivity index (χ2v) is 8.32. The van der Waals surface area contributed by atoms with Gasteiger partial charge in [-0.3, -0.25) is 9.69 Å². The van der Waals surface area contributed by atoms with Crippen molar-refractivity contribution in [1.29, 1.82) is 0 Å². The van der Waals surface area contributed by atoms with Gasteiger partial charge in [0, 0.05) is 51.5 Å². The van der Waals surface area contributed by atoms with E-state index in [0.717, 1.165) is 83.3 Å². The number of ether oxygens (including phenoxy) is 1. The number of carbonyl (C=O) groups is 1. The van der Waals surface area contributed by atoms with Crippen LogP contribution in [-0.4, -0.2) is 66.7 Å². The fraction of sp³-hybridized carbons (Fsp3) is 0.522. The quantitative estimate of drug-likeness (QED) is 0.657. The molecule has 0 atom stereocenters. The lowest BCUT2D eigenvalue weighted by Crippen LogP contribution is -2.47. The molecule has 5 rings (SSSR count). The maximum Gasteiger partial charge on any atom is 0.227 e. The molecule has 0 N–H and O–H groups in total. The van der Waals surface area contributed by atoms with Crippen molar-refractivity contribution in [2.75, 3.05) is 55.7 Å². The third-order valence-corrected chi connectivity index (χ3v) is 6.37. The Morgan fingerprint density at radius 3 is 2.47 bits per heavy atom. The molecule has 2 aromatic rings. The zero-order chi connectivity index (χ0) is 20.3. The van der Waals surface area contributed by atoms with Gasteiger partial charge in [-0.2, -0.15) is 0 Å². The van der Waals surface area contributed by atoms with Crippen LogP contribution in [0.4, 0.5) is 11.6 Å². The summed E-state index contributed by atoms with van der Waals surface area (Å²) >= 11 is 0. The number of aromatic nitrogens is 2. The zero-order valence-corrected chi connectivity index (χ0v) is 17.4. The van der Waals surface area contributed by atoms with Gasteiger partial charge in [-0.15, -0.1) is 0 Å². The summed E-state index contributed by atoms with van der Waals surface area (Å²) < 4.78 is 6.08. The molecule has 0 aliphatic carbocycles. The van der Waals surface area contributed by atoms with Gasteiger partial charge >= 0.3 is 0 Å². The van der Waals surface area contributed by atoms with Crippen LogP contribution in [-0.2, 0) is 17.6 Å². The zero-order valence-electron chi connectivity index (χ0n) is 17.4. The predicted molar refractivity (Wildman–Crippen MR) is 116 cm³/mol. The van der Waals surface area contributed by atoms with E-state index in [1.807, 2.05) is 11.0 Å². The number of rotatable bonds is 7. The Bertz CT molecular complexity index is 896. The Hall–Kier alpha value is -2.67. The van der Waals surface area contributed by atoms with Crippen molar-refractivity contribution in [2.45, 2.75) is 32.1 Å². The van der Waals surface area contributed by atoms with Gasteiger partial charge in [0.15, 0.2) is 0 Å². The number of hydrogen-bond donors (Lipinski definition) is 0. The van der Waals surface area contributed by atoms with Crippen LogP contribution in [0.1, 0.15) is 30.4 Å². The number of nitrogens with zero attached hydrogens (tertiary/aromatic N) is 5. The van der Waals surface area contributed by atoms with E-state index in [0.29, 0.717) is 6.42 Å². The molecule has 1 aromatic heterocycles. The summed E-state index contributed by atoms with van der Waals surface area (Å²) in [6, 6.07) is 6.15. The van der Waals surface area contributed by atoms with Crippen molar-refractivity contribution in [3.63, 3.8) is 0 Å². The summed E-state index contributed by atoms with van der Waals surface area (Å²) in [4.78, 5) is 27.5. The van der Waals surface area contributed by atoms with Crippen molar-refractivity contribution >= 4 is 17.5 Å². The van der Waals surface area contributed by atoms with Crippen molar-refractivity contribution in [1.82, 2.24) is 14.9 Å². The van der Waals surface area contributed by atoms with E-state index >= 15 is 0 Å². The molecule has 0 unspecified atom stereocenters. The van der Waals surface area contributed by atoms with Gasteiger partial charge in [0.05, 0.1) is 12.3 Å². The monoisotopic (exact) mass is 407 g/mol. The second kappa shape index (κ2) is 8.60. The highest BCUT2D eigenvalue weighted by Crippen LogP contribution is 2.39. The van der Waals surface area contributed by atoms with E-state index in [-0.39, 0.29) is 5.91 Å². The van der Waals surface area contributed by atoms with Crippen LogP contribution >= 0.6 is 0 Å². The van der Waals surface area contributed by atoms with Gasteiger partial charge in [-0.25, -0.2) is 9.97 Å². The Morgan fingerprint density at radius 2 is 1.67 bits per heavy atom. The summed E-state index contributed by atoms with van der Waals surface area (Å²) in [6.45, 7) is 6.77. The molecule has 1 amide bonds. The number of unbranched alkanes of at least 4 members (excludes halogenated alkanes) is 1. The van der Waals surface area contributed by atoms with E-state index < -0.39 is 0 Å². The largest absolute Gasteiger partial charge is 0.494 e. The molecule has 0 saturated carbocycles. The second-order valence-electron chi connectivity index (χ2n) is 8.32. The number of anilines is 2. The van der Waals surface area contributed by atoms with Gasteiger partial charge in [-0.05, 0) is 61.6 Å². The molecule has 7 heteroatoms. The summed E-state index contributed by atoms with van der Waals surface area (Å²) in [6.07, 6.45) is 8.22. The Kier molecular flexibility index (Phi) is 5.53. The molecule has 1 saturated heterocycles. The third kappa shape index (κ3) is 3.99. The summed E-state index contributed by atoms with van der Waals surface area (Å²) in [7, 11) is 0. The molecule has 0 radical (unpaired) electrons. The van der Waals surface area contributed by atoms with Crippen molar-refractivity contribution in [3.05, 3.63) is 41.7 Å². The van der Waals surface area contributed by atoms with E-state index in [1.54, 1.807) is 12.4 Å². The van der Waals surface area contributed by atoms with Crippen LogP contribution in [0.3, 0.4) is 0 Å². The van der Waals surface area contributed by atoms with E-state index in [4.69, 9.17) is 4.74 Å². The molecular formula is C23H29N5O2. The average Bonchev–Trinajstić information content (AvgIpc) is 3.22. The molecule has 3 aliphatic rings. The maximum atomic E-state index is 12.1. The van der Waals surface area contributed by atoms with Gasteiger partial charge in [0.2, 0.25) is 11.9 Å². The minimum atomic E-state index is 0.270. The first kappa shape index (κ1) is 19.3. The van der Waals surface area contributed by atoms with Gasteiger partial charge in [-0.1, -0.05) is 0 Å². The smallest absolute Gasteiger partial charge is 0.227 e. The van der Waals surface area contributed by atoms with Crippen molar-refractivity contribution in [3.8, 4) is 5.75 Å². The molecule has 0 bridgehead atoms. The number of benzene rings is 1. The van der Waals surface area contributed by atoms with Crippen LogP contribution in [0.15, 0.2) is 30.6 Å². The molecular weight excluding hydrogens is 378 g/mol. The lowest BCUT2D eigenvalue weighted by molar-refractivity contribution is -0.118. The minimum absolute atomic E-state index is 0.270. The first-order valence-corrected chi connectivity index (χ1v) is 11.1. The molecule has 1 fully saturated rings. The Labute approximate surface area is 177 Å². The molecule has 30 heavy (non-hydrogen) atoms. The van der Waals surface area contributed by atoms with Crippen LogP contribution in [0.25, 0.3) is 0 Å². The van der Waals surface area contributed by atoms with E-state index in [2.05, 4.69) is 31.9 Å². The number of amides is 1. The average molecular weight is 408 g/mol. The lowest BCUT2D eigenvalue weighted by atomic mass is 9.99. The lowest BCUT2D eigenvalue weighted by Gasteiger charge is -2.34. The van der Waals surface area contributed by atoms with Gasteiger partial charge < -0.3 is 14.5 Å². The molecule has 0 spiro atoms. The number of piperazine rings is 1. The fourth-order valence-corrected chi connectivity index (χ4v) is 4.76. The maximum absolute atomic E-state index is 12.1. The minimum Gasteiger partial charge on any atom is -0.494 e. The van der Waals surface area contributed by atoms with Crippen LogP contribution in [0, 0.1) is 0 Å². The van der Waals surface area contributed by atoms with Crippen LogP contribution in [0.5, 0.6) is 5.75 Å². The summed E-state index contributed by atoms with van der Waals surface area (Å²) in [5.41, 5.74) is 3.72. The van der Waals surface area contributed by atoms with E-state index in [9.17, 15) is 4.79 Å². The highest BCUT2D eigenvalue weighted by atomic mass is 16.5. The van der Waals surface area contributed by atoms with Crippen molar-refractivity contribution in [2.24, 2.45) is 0 Å². The standard InChI is InChI=1S/C23H29N5O2/c29-21-5-4-18-16-20(17-19-6-10-28(21)22(18)19)30-15-2-1-9-26-11-13-27(14-12-26)23-24-7-3-8-25-23/h3,7-8,16-17H,1-2,4-6,9-15H2. The normalized spacial score (nSPS) is 18.6. The topological polar surface area (TPSA) is 61.8 Å². The number of hydrogen-bond acceptors (Lipinski definition) is 6. The van der Waals surface area contributed by atoms with Crippen molar-refractivity contribution < 1.29 is 9.53 Å². The third-order valence-electron chi connectivity index (χ3n) is 6.37. The van der Waals surface area contributed by atoms with Gasteiger partial charge in [0.1, 0.15) is 5.75 Å². The first-order chi connectivity index (χ1) is 14.8.